The molecule has 2 N–H and O–H groups in total. The highest BCUT2D eigenvalue weighted by molar-refractivity contribution is 5.81. The van der Waals surface area contributed by atoms with E-state index in [0.29, 0.717) is 12.6 Å². The lowest BCUT2D eigenvalue weighted by atomic mass is 9.93. The summed E-state index contributed by atoms with van der Waals surface area (Å²) in [5, 5.41) is 0. The van der Waals surface area contributed by atoms with Crippen molar-refractivity contribution in [2.24, 2.45) is 5.73 Å². The van der Waals surface area contributed by atoms with E-state index < -0.39 is 0 Å². The first kappa shape index (κ1) is 13.8. The Balaban J connectivity index is 1.92. The summed E-state index contributed by atoms with van der Waals surface area (Å²) in [5.74, 6) is 0.195. The van der Waals surface area contributed by atoms with Crippen LogP contribution >= 0.6 is 0 Å². The molecule has 0 aromatic carbocycles. The lowest BCUT2D eigenvalue weighted by Crippen LogP contribution is -2.46. The van der Waals surface area contributed by atoms with Crippen molar-refractivity contribution < 1.29 is 9.53 Å². The molecule has 18 heavy (non-hydrogen) atoms. The molecule has 104 valence electrons. The maximum atomic E-state index is 12.5. The predicted molar refractivity (Wildman–Crippen MR) is 71.2 cm³/mol. The zero-order valence-corrected chi connectivity index (χ0v) is 11.4. The van der Waals surface area contributed by atoms with Gasteiger partial charge >= 0.3 is 0 Å². The number of nitrogens with two attached hydrogens (primary N) is 1. The van der Waals surface area contributed by atoms with Crippen LogP contribution in [-0.2, 0) is 9.53 Å². The van der Waals surface area contributed by atoms with Gasteiger partial charge in [-0.3, -0.25) is 4.79 Å². The molecule has 2 aliphatic rings. The Morgan fingerprint density at radius 2 is 1.94 bits per heavy atom. The third kappa shape index (κ3) is 3.04. The normalized spacial score (nSPS) is 29.4. The van der Waals surface area contributed by atoms with Gasteiger partial charge in [0.1, 0.15) is 6.10 Å². The molecule has 0 aromatic heterocycles. The second kappa shape index (κ2) is 6.53. The second-order valence-corrected chi connectivity index (χ2v) is 5.48. The summed E-state index contributed by atoms with van der Waals surface area (Å²) in [5.41, 5.74) is 5.60. The quantitative estimate of drug-likeness (QED) is 0.830. The van der Waals surface area contributed by atoms with E-state index in [1.54, 1.807) is 0 Å². The Kier molecular flexibility index (Phi) is 5.01. The van der Waals surface area contributed by atoms with Crippen molar-refractivity contribution >= 4 is 5.91 Å². The number of carbonyl (C=O) groups is 1. The zero-order chi connectivity index (χ0) is 13.0. The summed E-state index contributed by atoms with van der Waals surface area (Å²) in [6.45, 7) is 3.40. The maximum Gasteiger partial charge on any atom is 0.251 e. The summed E-state index contributed by atoms with van der Waals surface area (Å²) in [6, 6.07) is 0.441. The molecule has 1 saturated heterocycles. The van der Waals surface area contributed by atoms with Gasteiger partial charge in [-0.05, 0) is 32.6 Å². The monoisotopic (exact) mass is 254 g/mol. The van der Waals surface area contributed by atoms with E-state index in [2.05, 4.69) is 6.92 Å². The minimum atomic E-state index is -0.236. The molecule has 4 heteroatoms. The number of likely N-dealkylation sites (N-methyl/N-ethyl adjacent to an activating group) is 1. The fourth-order valence-corrected chi connectivity index (χ4v) is 3.23. The lowest BCUT2D eigenvalue weighted by molar-refractivity contribution is -0.145. The van der Waals surface area contributed by atoms with Crippen LogP contribution in [0.3, 0.4) is 0 Å². The number of amides is 1. The molecule has 0 radical (unpaired) electrons. The van der Waals surface area contributed by atoms with E-state index >= 15 is 0 Å². The molecular weight excluding hydrogens is 228 g/mol. The van der Waals surface area contributed by atoms with Crippen LogP contribution in [0.4, 0.5) is 0 Å². The van der Waals surface area contributed by atoms with Gasteiger partial charge in [0.2, 0.25) is 0 Å². The highest BCUT2D eigenvalue weighted by atomic mass is 16.5. The van der Waals surface area contributed by atoms with Gasteiger partial charge in [-0.15, -0.1) is 0 Å². The molecule has 2 unspecified atom stereocenters. The van der Waals surface area contributed by atoms with Crippen molar-refractivity contribution in [2.45, 2.75) is 70.1 Å². The highest BCUT2D eigenvalue weighted by Gasteiger charge is 2.35. The molecule has 2 atom stereocenters. The molecule has 1 amide bonds. The molecule has 2 rings (SSSR count). The van der Waals surface area contributed by atoms with Gasteiger partial charge in [0.05, 0.1) is 6.10 Å². The summed E-state index contributed by atoms with van der Waals surface area (Å²) in [7, 11) is 0. The number of hydrogen-bond donors (Lipinski definition) is 1. The van der Waals surface area contributed by atoms with Crippen LogP contribution in [0.25, 0.3) is 0 Å². The lowest BCUT2D eigenvalue weighted by Gasteiger charge is -2.35. The van der Waals surface area contributed by atoms with Crippen molar-refractivity contribution in [3.63, 3.8) is 0 Å². The zero-order valence-electron chi connectivity index (χ0n) is 11.4. The molecule has 1 aliphatic carbocycles. The molecule has 4 nitrogen and oxygen atoms in total. The Bertz CT molecular complexity index is 277. The highest BCUT2D eigenvalue weighted by Crippen LogP contribution is 2.26. The first-order chi connectivity index (χ1) is 8.76. The smallest absolute Gasteiger partial charge is 0.251 e. The Labute approximate surface area is 110 Å². The fourth-order valence-electron chi connectivity index (χ4n) is 3.23. The van der Waals surface area contributed by atoms with Gasteiger partial charge < -0.3 is 15.4 Å². The van der Waals surface area contributed by atoms with Crippen molar-refractivity contribution in [3.05, 3.63) is 0 Å². The summed E-state index contributed by atoms with van der Waals surface area (Å²) in [6.07, 6.45) is 7.76. The Morgan fingerprint density at radius 3 is 2.50 bits per heavy atom. The second-order valence-electron chi connectivity index (χ2n) is 5.48. The average molecular weight is 254 g/mol. The maximum absolute atomic E-state index is 12.5. The molecule has 2 fully saturated rings. The van der Waals surface area contributed by atoms with E-state index in [1.165, 1.54) is 19.3 Å². The molecule has 0 bridgehead atoms. The molecule has 1 aliphatic heterocycles. The topological polar surface area (TPSA) is 55.6 Å². The van der Waals surface area contributed by atoms with Crippen molar-refractivity contribution in [2.75, 3.05) is 13.1 Å². The minimum absolute atomic E-state index is 0.0870. The SMILES string of the molecule is CCN(C(=O)C1CCC(CN)O1)C1CCCCC1. The number of ether oxygens (including phenoxy) is 1. The van der Waals surface area contributed by atoms with Crippen LogP contribution in [0.5, 0.6) is 0 Å². The third-order valence-electron chi connectivity index (χ3n) is 4.29. The molecular formula is C14H26N2O2. The minimum Gasteiger partial charge on any atom is -0.364 e. The first-order valence-corrected chi connectivity index (χ1v) is 7.42. The van der Waals surface area contributed by atoms with Gasteiger partial charge in [0.25, 0.3) is 5.91 Å². The third-order valence-corrected chi connectivity index (χ3v) is 4.29. The van der Waals surface area contributed by atoms with Crippen LogP contribution in [0.2, 0.25) is 0 Å². The fraction of sp³-hybridized carbons (Fsp3) is 0.929. The molecule has 1 heterocycles. The van der Waals surface area contributed by atoms with E-state index in [0.717, 1.165) is 32.2 Å². The van der Waals surface area contributed by atoms with Gasteiger partial charge in [-0.25, -0.2) is 0 Å². The van der Waals surface area contributed by atoms with Crippen LogP contribution in [0.15, 0.2) is 0 Å². The van der Waals surface area contributed by atoms with E-state index in [1.807, 2.05) is 4.90 Å². The van der Waals surface area contributed by atoms with Gasteiger partial charge in [-0.2, -0.15) is 0 Å². The summed E-state index contributed by atoms with van der Waals surface area (Å²) >= 11 is 0. The van der Waals surface area contributed by atoms with Crippen molar-refractivity contribution in [3.8, 4) is 0 Å². The van der Waals surface area contributed by atoms with Gasteiger partial charge in [0, 0.05) is 19.1 Å². The largest absolute Gasteiger partial charge is 0.364 e. The van der Waals surface area contributed by atoms with Gasteiger partial charge in [-0.1, -0.05) is 19.3 Å². The Hall–Kier alpha value is -0.610. The van der Waals surface area contributed by atoms with Crippen LogP contribution < -0.4 is 5.73 Å². The molecule has 0 aromatic rings. The molecule has 0 spiro atoms. The summed E-state index contributed by atoms with van der Waals surface area (Å²) in [4.78, 5) is 14.5. The van der Waals surface area contributed by atoms with Crippen molar-refractivity contribution in [1.82, 2.24) is 4.90 Å². The van der Waals surface area contributed by atoms with Crippen LogP contribution in [0, 0.1) is 0 Å². The van der Waals surface area contributed by atoms with E-state index in [4.69, 9.17) is 10.5 Å². The predicted octanol–water partition coefficient (Wildman–Crippen LogP) is 1.67. The Morgan fingerprint density at radius 1 is 1.22 bits per heavy atom. The number of carbonyl (C=O) groups excluding carboxylic acids is 1. The molecule has 1 saturated carbocycles. The van der Waals surface area contributed by atoms with Gasteiger partial charge in [0.15, 0.2) is 0 Å². The standard InChI is InChI=1S/C14H26N2O2/c1-2-16(11-6-4-3-5-7-11)14(17)13-9-8-12(10-15)18-13/h11-13H,2-10,15H2,1H3. The number of hydrogen-bond acceptors (Lipinski definition) is 3. The average Bonchev–Trinajstić information content (AvgIpc) is 2.89. The van der Waals surface area contributed by atoms with E-state index in [-0.39, 0.29) is 18.1 Å². The number of rotatable bonds is 4. The first-order valence-electron chi connectivity index (χ1n) is 7.42. The number of nitrogens with zero attached hydrogens (tertiary/aromatic N) is 1. The van der Waals surface area contributed by atoms with Crippen molar-refractivity contribution in [1.29, 1.82) is 0 Å². The van der Waals surface area contributed by atoms with E-state index in [9.17, 15) is 4.79 Å². The summed E-state index contributed by atoms with van der Waals surface area (Å²) < 4.78 is 5.73. The van der Waals surface area contributed by atoms with Crippen LogP contribution in [0.1, 0.15) is 51.9 Å². The van der Waals surface area contributed by atoms with Crippen LogP contribution in [-0.4, -0.2) is 42.1 Å².